The molecule has 0 amide bonds. The molecule has 1 aromatic carbocycles. The SMILES string of the molecule is COC(=O)c1cc(C#N)c(O)cc1C. The molecule has 0 aliphatic rings. The quantitative estimate of drug-likeness (QED) is 0.680. The van der Waals surface area contributed by atoms with Gasteiger partial charge in [-0.2, -0.15) is 5.26 Å². The number of aryl methyl sites for hydroxylation is 1. The number of aromatic hydroxyl groups is 1. The Morgan fingerprint density at radius 3 is 2.71 bits per heavy atom. The fraction of sp³-hybridized carbons (Fsp3) is 0.200. The molecule has 14 heavy (non-hydrogen) atoms. The summed E-state index contributed by atoms with van der Waals surface area (Å²) in [6.45, 7) is 1.66. The van der Waals surface area contributed by atoms with E-state index in [-0.39, 0.29) is 11.3 Å². The lowest BCUT2D eigenvalue weighted by atomic mass is 10.0. The summed E-state index contributed by atoms with van der Waals surface area (Å²) in [6, 6.07) is 4.47. The lowest BCUT2D eigenvalue weighted by molar-refractivity contribution is 0.0600. The van der Waals surface area contributed by atoms with Crippen LogP contribution in [0.25, 0.3) is 0 Å². The molecule has 72 valence electrons. The average Bonchev–Trinajstić information content (AvgIpc) is 2.17. The van der Waals surface area contributed by atoms with Crippen LogP contribution in [0, 0.1) is 18.3 Å². The number of benzene rings is 1. The fourth-order valence-electron chi connectivity index (χ4n) is 1.11. The Labute approximate surface area is 81.4 Å². The summed E-state index contributed by atoms with van der Waals surface area (Å²) in [4.78, 5) is 11.2. The van der Waals surface area contributed by atoms with Crippen LogP contribution in [-0.2, 0) is 4.74 Å². The number of carbonyl (C=O) groups is 1. The molecule has 0 aliphatic carbocycles. The number of hydrogen-bond acceptors (Lipinski definition) is 4. The molecule has 4 heteroatoms. The van der Waals surface area contributed by atoms with Gasteiger partial charge in [0.05, 0.1) is 18.2 Å². The maximum absolute atomic E-state index is 11.2. The minimum Gasteiger partial charge on any atom is -0.507 e. The van der Waals surface area contributed by atoms with Gasteiger partial charge < -0.3 is 9.84 Å². The number of methoxy groups -OCH3 is 1. The topological polar surface area (TPSA) is 70.3 Å². The number of carbonyl (C=O) groups excluding carboxylic acids is 1. The highest BCUT2D eigenvalue weighted by Crippen LogP contribution is 2.21. The van der Waals surface area contributed by atoms with Crippen molar-refractivity contribution in [3.05, 3.63) is 28.8 Å². The number of phenols is 1. The van der Waals surface area contributed by atoms with Gasteiger partial charge in [0.15, 0.2) is 0 Å². The van der Waals surface area contributed by atoms with E-state index in [2.05, 4.69) is 4.74 Å². The number of esters is 1. The summed E-state index contributed by atoms with van der Waals surface area (Å²) in [7, 11) is 1.26. The smallest absolute Gasteiger partial charge is 0.338 e. The maximum atomic E-state index is 11.2. The first-order valence-corrected chi connectivity index (χ1v) is 3.92. The zero-order valence-corrected chi connectivity index (χ0v) is 7.87. The first-order valence-electron chi connectivity index (χ1n) is 3.92. The van der Waals surface area contributed by atoms with Crippen molar-refractivity contribution in [2.24, 2.45) is 0 Å². The van der Waals surface area contributed by atoms with Gasteiger partial charge in [0, 0.05) is 0 Å². The summed E-state index contributed by atoms with van der Waals surface area (Å²) in [5.74, 6) is -0.642. The molecule has 0 saturated heterocycles. The second kappa shape index (κ2) is 3.79. The van der Waals surface area contributed by atoms with Crippen LogP contribution >= 0.6 is 0 Å². The fourth-order valence-corrected chi connectivity index (χ4v) is 1.11. The molecule has 0 atom stereocenters. The van der Waals surface area contributed by atoms with Crippen molar-refractivity contribution in [2.45, 2.75) is 6.92 Å². The van der Waals surface area contributed by atoms with Gasteiger partial charge in [-0.05, 0) is 24.6 Å². The van der Waals surface area contributed by atoms with Gasteiger partial charge in [-0.25, -0.2) is 4.79 Å². The molecule has 0 radical (unpaired) electrons. The van der Waals surface area contributed by atoms with Gasteiger partial charge in [-0.1, -0.05) is 0 Å². The lowest BCUT2D eigenvalue weighted by Crippen LogP contribution is -2.04. The lowest BCUT2D eigenvalue weighted by Gasteiger charge is -2.05. The number of nitriles is 1. The molecule has 4 nitrogen and oxygen atoms in total. The third-order valence-electron chi connectivity index (χ3n) is 1.87. The van der Waals surface area contributed by atoms with E-state index in [1.54, 1.807) is 13.0 Å². The van der Waals surface area contributed by atoms with E-state index in [0.29, 0.717) is 11.1 Å². The van der Waals surface area contributed by atoms with E-state index in [0.717, 1.165) is 0 Å². The minimum atomic E-state index is -0.515. The Morgan fingerprint density at radius 1 is 1.57 bits per heavy atom. The summed E-state index contributed by atoms with van der Waals surface area (Å²) >= 11 is 0. The predicted octanol–water partition coefficient (Wildman–Crippen LogP) is 1.36. The normalized spacial score (nSPS) is 9.21. The summed E-state index contributed by atoms with van der Waals surface area (Å²) in [5, 5.41) is 17.9. The second-order valence-electron chi connectivity index (χ2n) is 2.79. The summed E-state index contributed by atoms with van der Waals surface area (Å²) < 4.78 is 4.53. The monoisotopic (exact) mass is 191 g/mol. The van der Waals surface area contributed by atoms with Crippen molar-refractivity contribution in [3.63, 3.8) is 0 Å². The minimum absolute atomic E-state index is 0.0657. The van der Waals surface area contributed by atoms with E-state index in [1.807, 2.05) is 0 Å². The Bertz CT molecular complexity index is 418. The summed E-state index contributed by atoms with van der Waals surface area (Å²) in [5.41, 5.74) is 0.936. The molecular weight excluding hydrogens is 182 g/mol. The Hall–Kier alpha value is -2.02. The van der Waals surface area contributed by atoms with Crippen LogP contribution < -0.4 is 0 Å². The standard InChI is InChI=1S/C10H9NO3/c1-6-3-9(12)7(5-11)4-8(6)10(13)14-2/h3-4,12H,1-2H3. The van der Waals surface area contributed by atoms with E-state index in [9.17, 15) is 9.90 Å². The Kier molecular flexibility index (Phi) is 2.73. The first-order chi connectivity index (χ1) is 6.60. The molecule has 0 fully saturated rings. The van der Waals surface area contributed by atoms with Crippen molar-refractivity contribution < 1.29 is 14.6 Å². The van der Waals surface area contributed by atoms with Crippen molar-refractivity contribution in [2.75, 3.05) is 7.11 Å². The Morgan fingerprint density at radius 2 is 2.21 bits per heavy atom. The van der Waals surface area contributed by atoms with E-state index < -0.39 is 5.97 Å². The zero-order chi connectivity index (χ0) is 10.7. The van der Waals surface area contributed by atoms with E-state index in [1.165, 1.54) is 19.2 Å². The highest BCUT2D eigenvalue weighted by molar-refractivity contribution is 5.91. The van der Waals surface area contributed by atoms with Gasteiger partial charge in [0.25, 0.3) is 0 Å². The average molecular weight is 191 g/mol. The van der Waals surface area contributed by atoms with Crippen molar-refractivity contribution in [1.29, 1.82) is 5.26 Å². The number of hydrogen-bond donors (Lipinski definition) is 1. The van der Waals surface area contributed by atoms with Crippen LogP contribution in [0.1, 0.15) is 21.5 Å². The van der Waals surface area contributed by atoms with Crippen molar-refractivity contribution >= 4 is 5.97 Å². The van der Waals surface area contributed by atoms with Gasteiger partial charge in [-0.15, -0.1) is 0 Å². The third kappa shape index (κ3) is 1.67. The molecular formula is C10H9NO3. The molecule has 1 aromatic rings. The van der Waals surface area contributed by atoms with E-state index in [4.69, 9.17) is 5.26 Å². The molecule has 0 heterocycles. The second-order valence-corrected chi connectivity index (χ2v) is 2.79. The van der Waals surface area contributed by atoms with E-state index >= 15 is 0 Å². The van der Waals surface area contributed by atoms with Crippen LogP contribution in [0.3, 0.4) is 0 Å². The molecule has 1 rings (SSSR count). The van der Waals surface area contributed by atoms with Crippen LogP contribution in [0.15, 0.2) is 12.1 Å². The largest absolute Gasteiger partial charge is 0.507 e. The third-order valence-corrected chi connectivity index (χ3v) is 1.87. The number of rotatable bonds is 1. The van der Waals surface area contributed by atoms with Gasteiger partial charge in [-0.3, -0.25) is 0 Å². The van der Waals surface area contributed by atoms with Crippen molar-refractivity contribution in [3.8, 4) is 11.8 Å². The number of phenolic OH excluding ortho intramolecular Hbond substituents is 1. The van der Waals surface area contributed by atoms with Crippen LogP contribution in [0.2, 0.25) is 0 Å². The highest BCUT2D eigenvalue weighted by Gasteiger charge is 2.12. The van der Waals surface area contributed by atoms with Gasteiger partial charge in [0.2, 0.25) is 0 Å². The maximum Gasteiger partial charge on any atom is 0.338 e. The molecule has 1 N–H and O–H groups in total. The van der Waals surface area contributed by atoms with Gasteiger partial charge >= 0.3 is 5.97 Å². The Balaban J connectivity index is 3.33. The number of ether oxygens (including phenoxy) is 1. The number of nitrogens with zero attached hydrogens (tertiary/aromatic N) is 1. The highest BCUT2D eigenvalue weighted by atomic mass is 16.5. The molecule has 0 saturated carbocycles. The molecule has 0 aliphatic heterocycles. The van der Waals surface area contributed by atoms with Crippen LogP contribution in [-0.4, -0.2) is 18.2 Å². The van der Waals surface area contributed by atoms with Gasteiger partial charge in [0.1, 0.15) is 11.8 Å². The molecule has 0 bridgehead atoms. The zero-order valence-electron chi connectivity index (χ0n) is 7.87. The first kappa shape index (κ1) is 10.1. The van der Waals surface area contributed by atoms with Crippen LogP contribution in [0.4, 0.5) is 0 Å². The molecule has 0 aromatic heterocycles. The molecule has 0 unspecified atom stereocenters. The summed E-state index contributed by atoms with van der Waals surface area (Å²) in [6.07, 6.45) is 0. The van der Waals surface area contributed by atoms with Crippen LogP contribution in [0.5, 0.6) is 5.75 Å². The van der Waals surface area contributed by atoms with Crippen molar-refractivity contribution in [1.82, 2.24) is 0 Å². The molecule has 0 spiro atoms. The predicted molar refractivity (Wildman–Crippen MR) is 48.9 cm³/mol.